The van der Waals surface area contributed by atoms with E-state index in [1.54, 1.807) is 0 Å². The van der Waals surface area contributed by atoms with Crippen molar-refractivity contribution in [2.24, 2.45) is 0 Å². The third-order valence-corrected chi connectivity index (χ3v) is 3.14. The molecule has 0 radical (unpaired) electrons. The number of fused-ring (bicyclic) bond motifs is 1. The molecule has 0 spiro atoms. The quantitative estimate of drug-likeness (QED) is 0.721. The lowest BCUT2D eigenvalue weighted by atomic mass is 10.1. The highest BCUT2D eigenvalue weighted by Crippen LogP contribution is 2.15. The maximum Gasteiger partial charge on any atom is 0.111 e. The fourth-order valence-corrected chi connectivity index (χ4v) is 2.28. The van der Waals surface area contributed by atoms with E-state index in [1.165, 1.54) is 16.7 Å². The normalized spacial score (nSPS) is 11.0. The molecule has 1 heterocycles. The van der Waals surface area contributed by atoms with Gasteiger partial charge in [-0.1, -0.05) is 35.9 Å². The van der Waals surface area contributed by atoms with E-state index >= 15 is 0 Å². The number of benzene rings is 2. The molecule has 0 fully saturated rings. The number of nitrogens with zero attached hydrogens (tertiary/aromatic N) is 1. The van der Waals surface area contributed by atoms with Crippen LogP contribution in [0.5, 0.6) is 0 Å². The standard InChI is InChI=1S/C16H16N2/c1-11-4-3-5-13(8-11)10-16-17-14-7-6-12(2)9-15(14)18-16/h3-9H,10H2,1-2H3,(H,17,18). The summed E-state index contributed by atoms with van der Waals surface area (Å²) in [5, 5.41) is 0. The SMILES string of the molecule is Cc1cccc(Cc2nc3ccc(C)cc3[nH]2)c1. The second kappa shape index (κ2) is 4.30. The summed E-state index contributed by atoms with van der Waals surface area (Å²) >= 11 is 0. The summed E-state index contributed by atoms with van der Waals surface area (Å²) in [6, 6.07) is 14.9. The Balaban J connectivity index is 1.95. The molecule has 3 aromatic rings. The van der Waals surface area contributed by atoms with Crippen molar-refractivity contribution in [2.45, 2.75) is 20.3 Å². The Morgan fingerprint density at radius 2 is 1.83 bits per heavy atom. The summed E-state index contributed by atoms with van der Waals surface area (Å²) in [5.74, 6) is 1.03. The van der Waals surface area contributed by atoms with Gasteiger partial charge in [0.1, 0.15) is 5.82 Å². The first kappa shape index (κ1) is 11.0. The molecule has 18 heavy (non-hydrogen) atoms. The number of hydrogen-bond acceptors (Lipinski definition) is 1. The maximum absolute atomic E-state index is 4.62. The monoisotopic (exact) mass is 236 g/mol. The van der Waals surface area contributed by atoms with Gasteiger partial charge in [0.05, 0.1) is 11.0 Å². The Labute approximate surface area is 107 Å². The van der Waals surface area contributed by atoms with Crippen LogP contribution in [0.3, 0.4) is 0 Å². The van der Waals surface area contributed by atoms with Crippen LogP contribution < -0.4 is 0 Å². The zero-order chi connectivity index (χ0) is 12.5. The molecule has 2 nitrogen and oxygen atoms in total. The van der Waals surface area contributed by atoms with Crippen molar-refractivity contribution in [3.8, 4) is 0 Å². The average molecular weight is 236 g/mol. The van der Waals surface area contributed by atoms with Crippen LogP contribution in [0.1, 0.15) is 22.5 Å². The number of aryl methyl sites for hydroxylation is 2. The van der Waals surface area contributed by atoms with Crippen LogP contribution in [-0.2, 0) is 6.42 Å². The molecular formula is C16H16N2. The van der Waals surface area contributed by atoms with Gasteiger partial charge < -0.3 is 4.98 Å². The topological polar surface area (TPSA) is 28.7 Å². The first-order chi connectivity index (χ1) is 8.70. The Bertz CT molecular complexity index is 695. The molecule has 0 aliphatic heterocycles. The van der Waals surface area contributed by atoms with Crippen molar-refractivity contribution in [3.63, 3.8) is 0 Å². The number of imidazole rings is 1. The van der Waals surface area contributed by atoms with Crippen molar-refractivity contribution in [1.82, 2.24) is 9.97 Å². The van der Waals surface area contributed by atoms with E-state index in [4.69, 9.17) is 0 Å². The van der Waals surface area contributed by atoms with E-state index in [9.17, 15) is 0 Å². The zero-order valence-electron chi connectivity index (χ0n) is 10.7. The second-order valence-corrected chi connectivity index (χ2v) is 4.87. The van der Waals surface area contributed by atoms with E-state index in [0.29, 0.717) is 0 Å². The Kier molecular flexibility index (Phi) is 2.63. The Morgan fingerprint density at radius 1 is 1.00 bits per heavy atom. The predicted molar refractivity (Wildman–Crippen MR) is 74.8 cm³/mol. The Hall–Kier alpha value is -2.09. The van der Waals surface area contributed by atoms with Gasteiger partial charge in [0.2, 0.25) is 0 Å². The summed E-state index contributed by atoms with van der Waals surface area (Å²) in [6.07, 6.45) is 0.857. The van der Waals surface area contributed by atoms with Gasteiger partial charge >= 0.3 is 0 Å². The highest BCUT2D eigenvalue weighted by molar-refractivity contribution is 5.75. The van der Waals surface area contributed by atoms with Crippen molar-refractivity contribution >= 4 is 11.0 Å². The van der Waals surface area contributed by atoms with Crippen LogP contribution in [0.4, 0.5) is 0 Å². The molecule has 0 unspecified atom stereocenters. The zero-order valence-corrected chi connectivity index (χ0v) is 10.7. The lowest BCUT2D eigenvalue weighted by Gasteiger charge is -1.99. The fourth-order valence-electron chi connectivity index (χ4n) is 2.28. The summed E-state index contributed by atoms with van der Waals surface area (Å²) in [5.41, 5.74) is 6.01. The highest BCUT2D eigenvalue weighted by atomic mass is 14.9. The first-order valence-electron chi connectivity index (χ1n) is 6.21. The average Bonchev–Trinajstić information content (AvgIpc) is 2.70. The van der Waals surface area contributed by atoms with Crippen LogP contribution in [0.2, 0.25) is 0 Å². The molecule has 1 aromatic heterocycles. The molecule has 2 aromatic carbocycles. The van der Waals surface area contributed by atoms with Gasteiger partial charge in [-0.05, 0) is 37.1 Å². The predicted octanol–water partition coefficient (Wildman–Crippen LogP) is 3.77. The number of aromatic amines is 1. The molecule has 0 saturated carbocycles. The van der Waals surface area contributed by atoms with Crippen molar-refractivity contribution < 1.29 is 0 Å². The molecule has 0 atom stereocenters. The number of rotatable bonds is 2. The fraction of sp³-hybridized carbons (Fsp3) is 0.188. The molecule has 1 N–H and O–H groups in total. The molecule has 2 heteroatoms. The van der Waals surface area contributed by atoms with Crippen LogP contribution >= 0.6 is 0 Å². The van der Waals surface area contributed by atoms with Crippen LogP contribution in [0, 0.1) is 13.8 Å². The van der Waals surface area contributed by atoms with Crippen LogP contribution in [0.15, 0.2) is 42.5 Å². The smallest absolute Gasteiger partial charge is 0.111 e. The number of hydrogen-bond donors (Lipinski definition) is 1. The van der Waals surface area contributed by atoms with Gasteiger partial charge in [-0.15, -0.1) is 0 Å². The lowest BCUT2D eigenvalue weighted by molar-refractivity contribution is 1.04. The summed E-state index contributed by atoms with van der Waals surface area (Å²) in [6.45, 7) is 4.21. The van der Waals surface area contributed by atoms with Gasteiger partial charge in [0.25, 0.3) is 0 Å². The molecule has 0 bridgehead atoms. The largest absolute Gasteiger partial charge is 0.342 e. The van der Waals surface area contributed by atoms with E-state index in [2.05, 4.69) is 66.3 Å². The number of H-pyrrole nitrogens is 1. The lowest BCUT2D eigenvalue weighted by Crippen LogP contribution is -1.90. The molecule has 0 aliphatic carbocycles. The first-order valence-corrected chi connectivity index (χ1v) is 6.21. The highest BCUT2D eigenvalue weighted by Gasteiger charge is 2.04. The molecule has 90 valence electrons. The minimum Gasteiger partial charge on any atom is -0.342 e. The third-order valence-electron chi connectivity index (χ3n) is 3.14. The van der Waals surface area contributed by atoms with Gasteiger partial charge in [0, 0.05) is 6.42 Å². The van der Waals surface area contributed by atoms with Crippen molar-refractivity contribution in [1.29, 1.82) is 0 Å². The Morgan fingerprint density at radius 3 is 2.67 bits per heavy atom. The summed E-state index contributed by atoms with van der Waals surface area (Å²) in [4.78, 5) is 8.02. The molecule has 0 saturated heterocycles. The van der Waals surface area contributed by atoms with Crippen LogP contribution in [-0.4, -0.2) is 9.97 Å². The van der Waals surface area contributed by atoms with Crippen LogP contribution in [0.25, 0.3) is 11.0 Å². The van der Waals surface area contributed by atoms with Crippen molar-refractivity contribution in [3.05, 3.63) is 65.0 Å². The molecular weight excluding hydrogens is 220 g/mol. The number of aromatic nitrogens is 2. The summed E-state index contributed by atoms with van der Waals surface area (Å²) < 4.78 is 0. The molecule has 0 amide bonds. The van der Waals surface area contributed by atoms with Gasteiger partial charge in [-0.25, -0.2) is 4.98 Å². The van der Waals surface area contributed by atoms with Gasteiger partial charge in [0.15, 0.2) is 0 Å². The second-order valence-electron chi connectivity index (χ2n) is 4.87. The van der Waals surface area contributed by atoms with Crippen molar-refractivity contribution in [2.75, 3.05) is 0 Å². The third kappa shape index (κ3) is 2.14. The number of nitrogens with one attached hydrogen (secondary N) is 1. The van der Waals surface area contributed by atoms with E-state index in [1.807, 2.05) is 0 Å². The molecule has 3 rings (SSSR count). The minimum atomic E-state index is 0.857. The minimum absolute atomic E-state index is 0.857. The van der Waals surface area contributed by atoms with E-state index < -0.39 is 0 Å². The maximum atomic E-state index is 4.62. The summed E-state index contributed by atoms with van der Waals surface area (Å²) in [7, 11) is 0. The van der Waals surface area contributed by atoms with Gasteiger partial charge in [-0.3, -0.25) is 0 Å². The van der Waals surface area contributed by atoms with E-state index in [-0.39, 0.29) is 0 Å². The van der Waals surface area contributed by atoms with E-state index in [0.717, 1.165) is 23.3 Å². The van der Waals surface area contributed by atoms with Gasteiger partial charge in [-0.2, -0.15) is 0 Å². The molecule has 0 aliphatic rings.